The number of unbranched alkanes of at least 4 members (excludes halogenated alkanes) is 3. The number of carbonyl (C=O) groups is 1. The highest BCUT2D eigenvalue weighted by Gasteiger charge is 2.37. The Morgan fingerprint density at radius 1 is 1.38 bits per heavy atom. The predicted octanol–water partition coefficient (Wildman–Crippen LogP) is 2.67. The molecule has 1 atom stereocenters. The molecule has 1 rings (SSSR count). The lowest BCUT2D eigenvalue weighted by Crippen LogP contribution is -2.44. The quantitative estimate of drug-likeness (QED) is 0.440. The fourth-order valence-electron chi connectivity index (χ4n) is 1.92. The molecule has 1 heterocycles. The van der Waals surface area contributed by atoms with Gasteiger partial charge in [0.15, 0.2) is 0 Å². The summed E-state index contributed by atoms with van der Waals surface area (Å²) in [6.45, 7) is 3.41. The van der Waals surface area contributed by atoms with Crippen LogP contribution >= 0.6 is 22.6 Å². The van der Waals surface area contributed by atoms with Crippen molar-refractivity contribution >= 4 is 28.5 Å². The van der Waals surface area contributed by atoms with Crippen molar-refractivity contribution in [1.82, 2.24) is 5.32 Å². The van der Waals surface area contributed by atoms with Crippen LogP contribution in [0.1, 0.15) is 45.4 Å². The van der Waals surface area contributed by atoms with Gasteiger partial charge in [-0.2, -0.15) is 0 Å². The van der Waals surface area contributed by atoms with E-state index >= 15 is 0 Å². The third-order valence-electron chi connectivity index (χ3n) is 3.05. The molecule has 0 saturated carbocycles. The fourth-order valence-corrected chi connectivity index (χ4v) is 2.46. The first-order valence-electron chi connectivity index (χ1n) is 6.17. The molecule has 0 aromatic carbocycles. The van der Waals surface area contributed by atoms with E-state index in [-0.39, 0.29) is 5.91 Å². The van der Waals surface area contributed by atoms with Gasteiger partial charge in [0, 0.05) is 13.2 Å². The molecule has 3 nitrogen and oxygen atoms in total. The number of rotatable bonds is 7. The molecule has 16 heavy (non-hydrogen) atoms. The first-order chi connectivity index (χ1) is 7.69. The van der Waals surface area contributed by atoms with E-state index < -0.39 is 5.60 Å². The monoisotopic (exact) mass is 339 g/mol. The van der Waals surface area contributed by atoms with Crippen LogP contribution in [0.5, 0.6) is 0 Å². The third-order valence-corrected chi connectivity index (χ3v) is 3.81. The van der Waals surface area contributed by atoms with Gasteiger partial charge in [-0.1, -0.05) is 35.4 Å². The summed E-state index contributed by atoms with van der Waals surface area (Å²) in [5, 5.41) is 2.98. The standard InChI is InChI=1S/C12H22INO2/c1-12(7-6-10-16-12)11(15)14-9-5-3-2-4-8-13/h2-10H2,1H3,(H,14,15). The molecule has 0 aromatic rings. The summed E-state index contributed by atoms with van der Waals surface area (Å²) in [7, 11) is 0. The Labute approximate surface area is 112 Å². The van der Waals surface area contributed by atoms with Crippen molar-refractivity contribution in [2.45, 2.75) is 51.0 Å². The Hall–Kier alpha value is 0.160. The van der Waals surface area contributed by atoms with Crippen LogP contribution in [0.25, 0.3) is 0 Å². The summed E-state index contributed by atoms with van der Waals surface area (Å²) < 4.78 is 6.72. The zero-order valence-electron chi connectivity index (χ0n) is 10.1. The van der Waals surface area contributed by atoms with E-state index in [0.717, 1.165) is 32.4 Å². The van der Waals surface area contributed by atoms with Crippen LogP contribution in [0.3, 0.4) is 0 Å². The summed E-state index contributed by atoms with van der Waals surface area (Å²) in [4.78, 5) is 11.8. The summed E-state index contributed by atoms with van der Waals surface area (Å²) in [6.07, 6.45) is 6.70. The number of halogens is 1. The Morgan fingerprint density at radius 3 is 2.75 bits per heavy atom. The molecule has 1 unspecified atom stereocenters. The van der Waals surface area contributed by atoms with Crippen molar-refractivity contribution in [3.63, 3.8) is 0 Å². The normalized spacial score (nSPS) is 24.6. The molecule has 1 aliphatic rings. The molecule has 94 valence electrons. The Balaban J connectivity index is 2.06. The Kier molecular flexibility index (Phi) is 6.65. The first kappa shape index (κ1) is 14.2. The zero-order valence-corrected chi connectivity index (χ0v) is 12.2. The molecule has 1 saturated heterocycles. The SMILES string of the molecule is CC1(C(=O)NCCCCCCI)CCCO1. The number of amides is 1. The second-order valence-electron chi connectivity index (χ2n) is 4.54. The molecule has 0 radical (unpaired) electrons. The van der Waals surface area contributed by atoms with E-state index in [9.17, 15) is 4.79 Å². The molecular formula is C12H22INO2. The van der Waals surface area contributed by atoms with Gasteiger partial charge in [-0.25, -0.2) is 0 Å². The topological polar surface area (TPSA) is 38.3 Å². The molecule has 4 heteroatoms. The number of hydrogen-bond acceptors (Lipinski definition) is 2. The van der Waals surface area contributed by atoms with E-state index in [4.69, 9.17) is 4.74 Å². The summed E-state index contributed by atoms with van der Waals surface area (Å²) in [5.41, 5.74) is -0.553. The van der Waals surface area contributed by atoms with Crippen molar-refractivity contribution < 1.29 is 9.53 Å². The molecule has 1 N–H and O–H groups in total. The van der Waals surface area contributed by atoms with Crippen LogP contribution in [0.2, 0.25) is 0 Å². The van der Waals surface area contributed by atoms with E-state index in [1.807, 2.05) is 6.92 Å². The summed E-state index contributed by atoms with van der Waals surface area (Å²) in [5.74, 6) is 0.0684. The molecule has 0 aromatic heterocycles. The zero-order chi connectivity index (χ0) is 11.9. The van der Waals surface area contributed by atoms with Crippen LogP contribution in [-0.2, 0) is 9.53 Å². The van der Waals surface area contributed by atoms with Crippen molar-refractivity contribution in [2.24, 2.45) is 0 Å². The van der Waals surface area contributed by atoms with E-state index in [2.05, 4.69) is 27.9 Å². The van der Waals surface area contributed by atoms with Gasteiger partial charge in [0.2, 0.25) is 0 Å². The lowest BCUT2D eigenvalue weighted by molar-refractivity contribution is -0.139. The molecule has 1 aliphatic heterocycles. The Bertz CT molecular complexity index is 215. The number of hydrogen-bond donors (Lipinski definition) is 1. The maximum Gasteiger partial charge on any atom is 0.251 e. The van der Waals surface area contributed by atoms with E-state index in [1.54, 1.807) is 0 Å². The molecule has 1 amide bonds. The van der Waals surface area contributed by atoms with Gasteiger partial charge in [-0.05, 0) is 37.0 Å². The van der Waals surface area contributed by atoms with Crippen molar-refractivity contribution in [3.05, 3.63) is 0 Å². The smallest absolute Gasteiger partial charge is 0.251 e. The fraction of sp³-hybridized carbons (Fsp3) is 0.917. The highest BCUT2D eigenvalue weighted by Crippen LogP contribution is 2.24. The number of carbonyl (C=O) groups excluding carboxylic acids is 1. The van der Waals surface area contributed by atoms with Gasteiger partial charge in [0.25, 0.3) is 5.91 Å². The van der Waals surface area contributed by atoms with Gasteiger partial charge >= 0.3 is 0 Å². The van der Waals surface area contributed by atoms with Crippen molar-refractivity contribution in [1.29, 1.82) is 0 Å². The maximum absolute atomic E-state index is 11.8. The van der Waals surface area contributed by atoms with Crippen molar-refractivity contribution in [3.8, 4) is 0 Å². The second kappa shape index (κ2) is 7.48. The van der Waals surface area contributed by atoms with Crippen molar-refractivity contribution in [2.75, 3.05) is 17.6 Å². The number of ether oxygens (including phenoxy) is 1. The Morgan fingerprint density at radius 2 is 2.12 bits per heavy atom. The third kappa shape index (κ3) is 4.57. The van der Waals surface area contributed by atoms with Gasteiger partial charge in [0.05, 0.1) is 0 Å². The van der Waals surface area contributed by atoms with Crippen LogP contribution < -0.4 is 5.32 Å². The largest absolute Gasteiger partial charge is 0.365 e. The summed E-state index contributed by atoms with van der Waals surface area (Å²) in [6, 6.07) is 0. The molecule has 0 spiro atoms. The number of nitrogens with one attached hydrogen (secondary N) is 1. The van der Waals surface area contributed by atoms with Gasteiger partial charge in [-0.15, -0.1) is 0 Å². The lowest BCUT2D eigenvalue weighted by atomic mass is 10.0. The molecular weight excluding hydrogens is 317 g/mol. The average molecular weight is 339 g/mol. The second-order valence-corrected chi connectivity index (χ2v) is 5.62. The van der Waals surface area contributed by atoms with Crippen LogP contribution in [0.4, 0.5) is 0 Å². The summed E-state index contributed by atoms with van der Waals surface area (Å²) >= 11 is 2.40. The van der Waals surface area contributed by atoms with Gasteiger partial charge in [-0.3, -0.25) is 4.79 Å². The highest BCUT2D eigenvalue weighted by molar-refractivity contribution is 14.1. The molecule has 0 bridgehead atoms. The predicted molar refractivity (Wildman–Crippen MR) is 74.0 cm³/mol. The lowest BCUT2D eigenvalue weighted by Gasteiger charge is -2.21. The van der Waals surface area contributed by atoms with Gasteiger partial charge < -0.3 is 10.1 Å². The minimum absolute atomic E-state index is 0.0684. The molecule has 1 fully saturated rings. The maximum atomic E-state index is 11.8. The van der Waals surface area contributed by atoms with Gasteiger partial charge in [0.1, 0.15) is 5.60 Å². The van der Waals surface area contributed by atoms with Crippen LogP contribution in [0, 0.1) is 0 Å². The minimum atomic E-state index is -0.553. The van der Waals surface area contributed by atoms with E-state index in [0.29, 0.717) is 0 Å². The number of alkyl halides is 1. The highest BCUT2D eigenvalue weighted by atomic mass is 127. The minimum Gasteiger partial charge on any atom is -0.365 e. The molecule has 0 aliphatic carbocycles. The van der Waals surface area contributed by atoms with E-state index in [1.165, 1.54) is 23.7 Å². The van der Waals surface area contributed by atoms with Crippen LogP contribution in [0.15, 0.2) is 0 Å². The average Bonchev–Trinajstić information content (AvgIpc) is 2.71. The van der Waals surface area contributed by atoms with Crippen LogP contribution in [-0.4, -0.2) is 29.1 Å². The first-order valence-corrected chi connectivity index (χ1v) is 7.70.